The summed E-state index contributed by atoms with van der Waals surface area (Å²) in [5.74, 6) is 1.20. The van der Waals surface area contributed by atoms with Crippen LogP contribution < -0.4 is 0 Å². The molecule has 0 aromatic heterocycles. The summed E-state index contributed by atoms with van der Waals surface area (Å²) in [5, 5.41) is 8.87. The molecule has 2 saturated carbocycles. The van der Waals surface area contributed by atoms with Crippen molar-refractivity contribution in [1.29, 1.82) is 5.26 Å². The molecule has 2 aliphatic carbocycles. The minimum Gasteiger partial charge on any atom is -0.192 e. The Bertz CT molecular complexity index is 723. The molecule has 4 rings (SSSR count). The van der Waals surface area contributed by atoms with Crippen LogP contribution in [0.15, 0.2) is 54.6 Å². The van der Waals surface area contributed by atoms with Gasteiger partial charge in [0.15, 0.2) is 0 Å². The van der Waals surface area contributed by atoms with Gasteiger partial charge in [-0.2, -0.15) is 5.26 Å². The molecule has 0 aliphatic heterocycles. The monoisotopic (exact) mass is 389 g/mol. The summed E-state index contributed by atoms with van der Waals surface area (Å²) in [7, 11) is 0. The SMILES string of the molecule is N#Cc1ccc(/C=C(/[C]2[CH][CH][CH][CH]2)c2ccccc2)cc1.[CH]1[CH][CH][CH][CH]1.[Fe+2]. The molecule has 0 saturated heterocycles. The minimum absolute atomic E-state index is 0. The van der Waals surface area contributed by atoms with E-state index in [1.807, 2.05) is 87.4 Å². The zero-order valence-electron chi connectivity index (χ0n) is 14.8. The fourth-order valence-electron chi connectivity index (χ4n) is 2.65. The maximum Gasteiger partial charge on any atom is 2.00 e. The van der Waals surface area contributed by atoms with E-state index in [-0.39, 0.29) is 17.1 Å². The number of benzene rings is 2. The molecule has 0 heterocycles. The second kappa shape index (κ2) is 11.8. The molecule has 0 bridgehead atoms. The molecule has 0 unspecified atom stereocenters. The quantitative estimate of drug-likeness (QED) is 0.501. The zero-order chi connectivity index (χ0) is 18.0. The van der Waals surface area contributed by atoms with Crippen molar-refractivity contribution in [3.8, 4) is 6.07 Å². The molecule has 10 radical (unpaired) electrons. The van der Waals surface area contributed by atoms with Gasteiger partial charge in [0.2, 0.25) is 0 Å². The second-order valence-corrected chi connectivity index (χ2v) is 5.79. The molecule has 0 atom stereocenters. The van der Waals surface area contributed by atoms with E-state index in [2.05, 4.69) is 37.1 Å². The summed E-state index contributed by atoms with van der Waals surface area (Å²) in [4.78, 5) is 0. The van der Waals surface area contributed by atoms with Crippen molar-refractivity contribution in [3.63, 3.8) is 0 Å². The first-order chi connectivity index (χ1) is 12.9. The van der Waals surface area contributed by atoms with Crippen molar-refractivity contribution in [2.24, 2.45) is 0 Å². The van der Waals surface area contributed by atoms with Gasteiger partial charge >= 0.3 is 17.1 Å². The van der Waals surface area contributed by atoms with Crippen LogP contribution >= 0.6 is 0 Å². The smallest absolute Gasteiger partial charge is 0.192 e. The molecule has 2 fully saturated rings. The van der Waals surface area contributed by atoms with Crippen LogP contribution in [0.4, 0.5) is 0 Å². The Hall–Kier alpha value is -1.81. The number of hydrogen-bond donors (Lipinski definition) is 0. The third kappa shape index (κ3) is 6.69. The van der Waals surface area contributed by atoms with E-state index in [1.165, 1.54) is 17.1 Å². The molecule has 0 spiro atoms. The Morgan fingerprint density at radius 3 is 1.78 bits per heavy atom. The van der Waals surface area contributed by atoms with E-state index in [9.17, 15) is 0 Å². The molecule has 2 aliphatic rings. The van der Waals surface area contributed by atoms with E-state index in [0.29, 0.717) is 5.56 Å². The Balaban J connectivity index is 0.000000379. The van der Waals surface area contributed by atoms with Gasteiger partial charge in [-0.05, 0) is 86.6 Å². The maximum atomic E-state index is 8.87. The van der Waals surface area contributed by atoms with Gasteiger partial charge < -0.3 is 0 Å². The second-order valence-electron chi connectivity index (χ2n) is 5.79. The first-order valence-corrected chi connectivity index (χ1v) is 8.53. The Morgan fingerprint density at radius 1 is 0.704 bits per heavy atom. The van der Waals surface area contributed by atoms with Crippen LogP contribution in [0.2, 0.25) is 0 Å². The van der Waals surface area contributed by atoms with Gasteiger partial charge in [0, 0.05) is 5.92 Å². The molecular formula is C25H19FeN+2. The number of rotatable bonds is 3. The minimum atomic E-state index is 0. The Morgan fingerprint density at radius 2 is 1.26 bits per heavy atom. The third-order valence-electron chi connectivity index (χ3n) is 3.96. The topological polar surface area (TPSA) is 23.8 Å². The van der Waals surface area contributed by atoms with Crippen LogP contribution in [0.1, 0.15) is 16.7 Å². The Labute approximate surface area is 175 Å². The fraction of sp³-hybridized carbons (Fsp3) is 0. The number of nitrogens with zero attached hydrogens (tertiary/aromatic N) is 1. The van der Waals surface area contributed by atoms with Crippen LogP contribution in [0.3, 0.4) is 0 Å². The van der Waals surface area contributed by atoms with Crippen LogP contribution in [-0.2, 0) is 17.1 Å². The van der Waals surface area contributed by atoms with Crippen molar-refractivity contribution >= 4 is 11.6 Å². The molecule has 2 aromatic carbocycles. The summed E-state index contributed by atoms with van der Waals surface area (Å²) < 4.78 is 0. The summed E-state index contributed by atoms with van der Waals surface area (Å²) in [5.41, 5.74) is 4.15. The van der Waals surface area contributed by atoms with E-state index in [4.69, 9.17) is 5.26 Å². The predicted octanol–water partition coefficient (Wildman–Crippen LogP) is 5.52. The molecule has 0 amide bonds. The van der Waals surface area contributed by atoms with Gasteiger partial charge in [-0.1, -0.05) is 48.5 Å². The summed E-state index contributed by atoms with van der Waals surface area (Å²) >= 11 is 0. The largest absolute Gasteiger partial charge is 2.00 e. The average Bonchev–Trinajstić information content (AvgIpc) is 3.44. The zero-order valence-corrected chi connectivity index (χ0v) is 15.9. The molecule has 27 heavy (non-hydrogen) atoms. The molecular weight excluding hydrogens is 370 g/mol. The molecule has 2 aromatic rings. The van der Waals surface area contributed by atoms with Crippen molar-refractivity contribution in [2.45, 2.75) is 0 Å². The van der Waals surface area contributed by atoms with Crippen LogP contribution in [0, 0.1) is 75.0 Å². The first kappa shape index (κ1) is 21.5. The third-order valence-corrected chi connectivity index (χ3v) is 3.96. The number of allylic oxidation sites excluding steroid dienone is 1. The standard InChI is InChI=1S/C20H14N.C5H5.Fe/c21-15-17-12-10-16(11-13-17)14-20(19-8-4-5-9-19)18-6-2-1-3-7-18;1-2-4-5-3-1;/h1-14H;1-5H;/q;;+2/b20-14+;;. The van der Waals surface area contributed by atoms with Crippen molar-refractivity contribution in [3.05, 3.63) is 135 Å². The predicted molar refractivity (Wildman–Crippen MR) is 107 cm³/mol. The van der Waals surface area contributed by atoms with Crippen molar-refractivity contribution in [2.75, 3.05) is 0 Å². The van der Waals surface area contributed by atoms with Crippen LogP contribution in [-0.4, -0.2) is 0 Å². The van der Waals surface area contributed by atoms with Crippen LogP contribution in [0.5, 0.6) is 0 Å². The first-order valence-electron chi connectivity index (χ1n) is 8.53. The molecule has 130 valence electrons. The number of hydrogen-bond acceptors (Lipinski definition) is 1. The van der Waals surface area contributed by atoms with Gasteiger partial charge in [0.25, 0.3) is 0 Å². The van der Waals surface area contributed by atoms with Gasteiger partial charge in [-0.25, -0.2) is 0 Å². The van der Waals surface area contributed by atoms with Crippen molar-refractivity contribution in [1.82, 2.24) is 0 Å². The van der Waals surface area contributed by atoms with E-state index >= 15 is 0 Å². The number of nitriles is 1. The maximum absolute atomic E-state index is 8.87. The Kier molecular flexibility index (Phi) is 9.40. The van der Waals surface area contributed by atoms with Gasteiger partial charge in [-0.15, -0.1) is 0 Å². The van der Waals surface area contributed by atoms with Crippen molar-refractivity contribution < 1.29 is 17.1 Å². The fourth-order valence-corrected chi connectivity index (χ4v) is 2.65. The summed E-state index contributed by atoms with van der Waals surface area (Å²) in [6.45, 7) is 0. The van der Waals surface area contributed by atoms with Gasteiger partial charge in [0.1, 0.15) is 0 Å². The van der Waals surface area contributed by atoms with Crippen LogP contribution in [0.25, 0.3) is 11.6 Å². The van der Waals surface area contributed by atoms with E-state index in [1.54, 1.807) is 0 Å². The van der Waals surface area contributed by atoms with E-state index < -0.39 is 0 Å². The average molecular weight is 389 g/mol. The van der Waals surface area contributed by atoms with Gasteiger partial charge in [-0.3, -0.25) is 0 Å². The van der Waals surface area contributed by atoms with E-state index in [0.717, 1.165) is 5.56 Å². The molecule has 0 N–H and O–H groups in total. The summed E-state index contributed by atoms with van der Waals surface area (Å²) in [6.07, 6.45) is 20.5. The van der Waals surface area contributed by atoms with Gasteiger partial charge in [0.05, 0.1) is 11.6 Å². The molecule has 2 heteroatoms. The molecule has 1 nitrogen and oxygen atoms in total. The normalized spacial score (nSPS) is 16.8. The summed E-state index contributed by atoms with van der Waals surface area (Å²) in [6, 6.07) is 20.1.